The Morgan fingerprint density at radius 2 is 2.00 bits per heavy atom. The molecule has 0 aliphatic carbocycles. The van der Waals surface area contributed by atoms with Crippen LogP contribution in [0.2, 0.25) is 0 Å². The Balaban J connectivity index is 2.06. The summed E-state index contributed by atoms with van der Waals surface area (Å²) in [4.78, 5) is 25.6. The number of benzene rings is 1. The van der Waals surface area contributed by atoms with Crippen molar-refractivity contribution in [2.24, 2.45) is 5.41 Å². The number of piperidine rings is 1. The number of hydrogen-bond acceptors (Lipinski definition) is 3. The van der Waals surface area contributed by atoms with Crippen LogP contribution in [0, 0.1) is 5.41 Å². The molecule has 1 fully saturated rings. The fraction of sp³-hybridized carbons (Fsp3) is 0.529. The molecule has 1 aromatic rings. The highest BCUT2D eigenvalue weighted by Crippen LogP contribution is 2.30. The predicted octanol–water partition coefficient (Wildman–Crippen LogP) is 3.27. The average Bonchev–Trinajstić information content (AvgIpc) is 2.52. The fourth-order valence-electron chi connectivity index (χ4n) is 2.73. The van der Waals surface area contributed by atoms with Gasteiger partial charge in [0.2, 0.25) is 0 Å². The van der Waals surface area contributed by atoms with Crippen LogP contribution in [0.4, 0.5) is 0 Å². The summed E-state index contributed by atoms with van der Waals surface area (Å²) in [6, 6.07) is 7.66. The molecule has 2 rings (SSSR count). The highest BCUT2D eigenvalue weighted by molar-refractivity contribution is 7.98. The quantitative estimate of drug-likeness (QED) is 0.904. The van der Waals surface area contributed by atoms with Crippen LogP contribution in [0.3, 0.4) is 0 Å². The van der Waals surface area contributed by atoms with Crippen LogP contribution in [0.1, 0.15) is 42.6 Å². The first kappa shape index (κ1) is 16.9. The van der Waals surface area contributed by atoms with Crippen LogP contribution in [-0.4, -0.2) is 40.7 Å². The second kappa shape index (κ2) is 7.18. The third-order valence-electron chi connectivity index (χ3n) is 4.17. The largest absolute Gasteiger partial charge is 0.481 e. The number of carbonyl (C=O) groups excluding carboxylic acids is 1. The summed E-state index contributed by atoms with van der Waals surface area (Å²) in [5.41, 5.74) is 1.02. The third-order valence-corrected chi connectivity index (χ3v) is 5.12. The molecule has 1 heterocycles. The third kappa shape index (κ3) is 3.83. The van der Waals surface area contributed by atoms with Gasteiger partial charge in [0.1, 0.15) is 0 Å². The highest BCUT2D eigenvalue weighted by Gasteiger charge is 2.39. The van der Waals surface area contributed by atoms with Crippen molar-refractivity contribution >= 4 is 23.6 Å². The van der Waals surface area contributed by atoms with Crippen LogP contribution in [0.5, 0.6) is 0 Å². The van der Waals surface area contributed by atoms with Gasteiger partial charge < -0.3 is 10.0 Å². The van der Waals surface area contributed by atoms with Gasteiger partial charge in [-0.3, -0.25) is 9.59 Å². The fourth-order valence-corrected chi connectivity index (χ4v) is 3.37. The standard InChI is InChI=1S/C17H23NO3S/c1-3-22-11-13-5-7-14(8-6-13)15(19)18-10-4-9-17(2,12-18)16(20)21/h5-8H,3-4,9-12H2,1-2H3,(H,20,21). The maximum absolute atomic E-state index is 12.6. The highest BCUT2D eigenvalue weighted by atomic mass is 32.2. The lowest BCUT2D eigenvalue weighted by atomic mass is 9.82. The number of rotatable bonds is 5. The first-order valence-corrected chi connectivity index (χ1v) is 8.81. The molecule has 5 heteroatoms. The molecule has 1 amide bonds. The summed E-state index contributed by atoms with van der Waals surface area (Å²) in [6.07, 6.45) is 1.36. The van der Waals surface area contributed by atoms with Gasteiger partial charge in [-0.2, -0.15) is 11.8 Å². The van der Waals surface area contributed by atoms with E-state index in [4.69, 9.17) is 0 Å². The van der Waals surface area contributed by atoms with Crippen LogP contribution in [0.15, 0.2) is 24.3 Å². The molecule has 1 atom stereocenters. The maximum atomic E-state index is 12.6. The number of hydrogen-bond donors (Lipinski definition) is 1. The second-order valence-electron chi connectivity index (χ2n) is 6.03. The van der Waals surface area contributed by atoms with Crippen molar-refractivity contribution in [1.82, 2.24) is 4.90 Å². The molecule has 0 spiro atoms. The molecule has 0 aromatic heterocycles. The summed E-state index contributed by atoms with van der Waals surface area (Å²) < 4.78 is 0. The zero-order chi connectivity index (χ0) is 16.2. The monoisotopic (exact) mass is 321 g/mol. The topological polar surface area (TPSA) is 57.6 Å². The number of carbonyl (C=O) groups is 2. The van der Waals surface area contributed by atoms with E-state index in [1.54, 1.807) is 11.8 Å². The molecule has 22 heavy (non-hydrogen) atoms. The van der Waals surface area contributed by atoms with Crippen LogP contribution in [-0.2, 0) is 10.5 Å². The number of amides is 1. The first-order valence-electron chi connectivity index (χ1n) is 7.65. The summed E-state index contributed by atoms with van der Waals surface area (Å²) in [5.74, 6) is 1.13. The summed E-state index contributed by atoms with van der Waals surface area (Å²) >= 11 is 1.85. The molecular weight excluding hydrogens is 298 g/mol. The van der Waals surface area contributed by atoms with E-state index in [-0.39, 0.29) is 12.5 Å². The Kier molecular flexibility index (Phi) is 5.51. The lowest BCUT2D eigenvalue weighted by molar-refractivity contribution is -0.150. The van der Waals surface area contributed by atoms with Gasteiger partial charge >= 0.3 is 5.97 Å². The van der Waals surface area contributed by atoms with Crippen molar-refractivity contribution in [2.75, 3.05) is 18.8 Å². The molecule has 1 aromatic carbocycles. The zero-order valence-electron chi connectivity index (χ0n) is 13.2. The van der Waals surface area contributed by atoms with Gasteiger partial charge in [0, 0.05) is 24.4 Å². The summed E-state index contributed by atoms with van der Waals surface area (Å²) in [7, 11) is 0. The number of nitrogens with zero attached hydrogens (tertiary/aromatic N) is 1. The van der Waals surface area contributed by atoms with E-state index in [1.807, 2.05) is 36.0 Å². The minimum atomic E-state index is -0.828. The molecule has 0 saturated carbocycles. The minimum Gasteiger partial charge on any atom is -0.481 e. The van der Waals surface area contributed by atoms with Crippen LogP contribution in [0.25, 0.3) is 0 Å². The normalized spacial score (nSPS) is 21.6. The first-order chi connectivity index (χ1) is 10.5. The Morgan fingerprint density at radius 3 is 2.59 bits per heavy atom. The number of aliphatic carboxylic acids is 1. The van der Waals surface area contributed by atoms with E-state index in [1.165, 1.54) is 5.56 Å². The van der Waals surface area contributed by atoms with Crippen molar-refractivity contribution in [3.05, 3.63) is 35.4 Å². The van der Waals surface area contributed by atoms with Gasteiger partial charge in [-0.25, -0.2) is 0 Å². The van der Waals surface area contributed by atoms with Crippen molar-refractivity contribution < 1.29 is 14.7 Å². The van der Waals surface area contributed by atoms with Gasteiger partial charge in [-0.05, 0) is 43.2 Å². The summed E-state index contributed by atoms with van der Waals surface area (Å²) in [5, 5.41) is 9.35. The van der Waals surface area contributed by atoms with E-state index in [9.17, 15) is 14.7 Å². The number of carboxylic acids is 1. The molecule has 1 unspecified atom stereocenters. The Labute approximate surface area is 135 Å². The molecule has 4 nitrogen and oxygen atoms in total. The van der Waals surface area contributed by atoms with Gasteiger partial charge in [0.15, 0.2) is 0 Å². The molecule has 1 N–H and O–H groups in total. The predicted molar refractivity (Wildman–Crippen MR) is 89.2 cm³/mol. The zero-order valence-corrected chi connectivity index (χ0v) is 14.0. The molecule has 1 aliphatic rings. The van der Waals surface area contributed by atoms with Crippen molar-refractivity contribution in [3.8, 4) is 0 Å². The van der Waals surface area contributed by atoms with E-state index in [0.29, 0.717) is 18.5 Å². The Hall–Kier alpha value is -1.49. The SMILES string of the molecule is CCSCc1ccc(C(=O)N2CCCC(C)(C(=O)O)C2)cc1. The lowest BCUT2D eigenvalue weighted by Crippen LogP contribution is -2.48. The number of likely N-dealkylation sites (tertiary alicyclic amines) is 1. The number of thioether (sulfide) groups is 1. The van der Waals surface area contributed by atoms with E-state index in [2.05, 4.69) is 6.92 Å². The van der Waals surface area contributed by atoms with Crippen molar-refractivity contribution in [3.63, 3.8) is 0 Å². The van der Waals surface area contributed by atoms with Crippen molar-refractivity contribution in [1.29, 1.82) is 0 Å². The molecular formula is C17H23NO3S. The van der Waals surface area contributed by atoms with Crippen molar-refractivity contribution in [2.45, 2.75) is 32.4 Å². The maximum Gasteiger partial charge on any atom is 0.311 e. The van der Waals surface area contributed by atoms with Gasteiger partial charge in [0.25, 0.3) is 5.91 Å². The molecule has 120 valence electrons. The van der Waals surface area contributed by atoms with Gasteiger partial charge in [-0.1, -0.05) is 19.1 Å². The summed E-state index contributed by atoms with van der Waals surface area (Å²) in [6.45, 7) is 4.77. The van der Waals surface area contributed by atoms with Crippen LogP contribution >= 0.6 is 11.8 Å². The Morgan fingerprint density at radius 1 is 1.32 bits per heavy atom. The lowest BCUT2D eigenvalue weighted by Gasteiger charge is -2.37. The Bertz CT molecular complexity index is 543. The molecule has 0 radical (unpaired) electrons. The number of carboxylic acid groups (broad SMARTS) is 1. The average molecular weight is 321 g/mol. The molecule has 1 aliphatic heterocycles. The molecule has 0 bridgehead atoms. The van der Waals surface area contributed by atoms with Crippen LogP contribution < -0.4 is 0 Å². The van der Waals surface area contributed by atoms with E-state index >= 15 is 0 Å². The van der Waals surface area contributed by atoms with E-state index < -0.39 is 11.4 Å². The van der Waals surface area contributed by atoms with Gasteiger partial charge in [-0.15, -0.1) is 0 Å². The smallest absolute Gasteiger partial charge is 0.311 e. The second-order valence-corrected chi connectivity index (χ2v) is 7.30. The minimum absolute atomic E-state index is 0.0677. The van der Waals surface area contributed by atoms with E-state index in [0.717, 1.165) is 17.9 Å². The van der Waals surface area contributed by atoms with Gasteiger partial charge in [0.05, 0.1) is 5.41 Å². The molecule has 1 saturated heterocycles.